The van der Waals surface area contributed by atoms with Crippen molar-refractivity contribution in [2.45, 2.75) is 65.6 Å². The third-order valence-electron chi connectivity index (χ3n) is 5.13. The summed E-state index contributed by atoms with van der Waals surface area (Å²) in [6.45, 7) is 8.33. The molecule has 2 aromatic carbocycles. The molecule has 0 aromatic heterocycles. The third-order valence-corrected chi connectivity index (χ3v) is 5.38. The number of carbonyl (C=O) groups is 2. The summed E-state index contributed by atoms with van der Waals surface area (Å²) in [5.41, 5.74) is 3.04. The van der Waals surface area contributed by atoms with E-state index in [9.17, 15) is 9.59 Å². The molecular formula is C24H31ClN2O2. The van der Waals surface area contributed by atoms with Crippen LogP contribution in [-0.4, -0.2) is 28.8 Å². The lowest BCUT2D eigenvalue weighted by molar-refractivity contribution is -0.141. The first-order valence-electron chi connectivity index (χ1n) is 10.2. The maximum absolute atomic E-state index is 13.2. The maximum atomic E-state index is 13.2. The van der Waals surface area contributed by atoms with E-state index in [-0.39, 0.29) is 24.3 Å². The Kier molecular flexibility index (Phi) is 8.71. The number of nitrogens with zero attached hydrogens (tertiary/aromatic N) is 1. The molecule has 0 aliphatic heterocycles. The molecule has 0 saturated heterocycles. The van der Waals surface area contributed by atoms with Crippen molar-refractivity contribution < 1.29 is 9.59 Å². The first-order chi connectivity index (χ1) is 13.8. The smallest absolute Gasteiger partial charge is 0.243 e. The number of nitrogens with one attached hydrogen (secondary N) is 1. The minimum atomic E-state index is -0.516. The average Bonchev–Trinajstić information content (AvgIpc) is 2.70. The first kappa shape index (κ1) is 23.0. The van der Waals surface area contributed by atoms with E-state index in [4.69, 9.17) is 11.6 Å². The Hall–Kier alpha value is -2.33. The molecule has 4 nitrogen and oxygen atoms in total. The van der Waals surface area contributed by atoms with Crippen LogP contribution in [0.5, 0.6) is 0 Å². The van der Waals surface area contributed by atoms with Gasteiger partial charge in [-0.05, 0) is 49.9 Å². The van der Waals surface area contributed by atoms with E-state index >= 15 is 0 Å². The second-order valence-electron chi connectivity index (χ2n) is 7.55. The number of carbonyl (C=O) groups excluding carboxylic acids is 2. The number of hydrogen-bond donors (Lipinski definition) is 1. The molecule has 0 unspecified atom stereocenters. The molecular weight excluding hydrogens is 384 g/mol. The van der Waals surface area contributed by atoms with Crippen LogP contribution in [0.2, 0.25) is 5.02 Å². The van der Waals surface area contributed by atoms with Crippen molar-refractivity contribution in [2.24, 2.45) is 0 Å². The summed E-state index contributed by atoms with van der Waals surface area (Å²) < 4.78 is 0. The van der Waals surface area contributed by atoms with Crippen LogP contribution in [0.25, 0.3) is 0 Å². The van der Waals surface area contributed by atoms with E-state index in [1.54, 1.807) is 17.0 Å². The molecule has 5 heteroatoms. The van der Waals surface area contributed by atoms with Crippen molar-refractivity contribution in [2.75, 3.05) is 0 Å². The molecule has 0 aliphatic carbocycles. The number of rotatable bonds is 9. The molecule has 0 heterocycles. The fourth-order valence-corrected chi connectivity index (χ4v) is 3.26. The van der Waals surface area contributed by atoms with E-state index in [0.717, 1.165) is 23.1 Å². The van der Waals surface area contributed by atoms with Crippen molar-refractivity contribution in [3.63, 3.8) is 0 Å². The summed E-state index contributed by atoms with van der Waals surface area (Å²) in [5, 5.41) is 3.67. The predicted octanol–water partition coefficient (Wildman–Crippen LogP) is 4.91. The van der Waals surface area contributed by atoms with Crippen LogP contribution in [0.15, 0.2) is 48.5 Å². The van der Waals surface area contributed by atoms with Crippen molar-refractivity contribution in [1.82, 2.24) is 10.2 Å². The van der Waals surface area contributed by atoms with Gasteiger partial charge < -0.3 is 10.2 Å². The second kappa shape index (κ2) is 11.0. The SMILES string of the molecule is CC[C@H](C)NC(=O)[C@H](CC)N(Cc1ccc(Cl)cc1)C(=O)Cc1ccc(C)cc1. The van der Waals surface area contributed by atoms with Gasteiger partial charge in [-0.1, -0.05) is 67.4 Å². The highest BCUT2D eigenvalue weighted by Crippen LogP contribution is 2.17. The van der Waals surface area contributed by atoms with Gasteiger partial charge in [0.25, 0.3) is 0 Å². The Labute approximate surface area is 179 Å². The van der Waals surface area contributed by atoms with Gasteiger partial charge in [-0.15, -0.1) is 0 Å². The van der Waals surface area contributed by atoms with Gasteiger partial charge in [-0.3, -0.25) is 9.59 Å². The minimum Gasteiger partial charge on any atom is -0.352 e. The van der Waals surface area contributed by atoms with E-state index < -0.39 is 6.04 Å². The lowest BCUT2D eigenvalue weighted by Gasteiger charge is -2.31. The number of aryl methyl sites for hydroxylation is 1. The van der Waals surface area contributed by atoms with Crippen LogP contribution in [0.4, 0.5) is 0 Å². The minimum absolute atomic E-state index is 0.0602. The van der Waals surface area contributed by atoms with E-state index in [1.165, 1.54) is 0 Å². The average molecular weight is 415 g/mol. The fourth-order valence-electron chi connectivity index (χ4n) is 3.13. The highest BCUT2D eigenvalue weighted by molar-refractivity contribution is 6.30. The maximum Gasteiger partial charge on any atom is 0.243 e. The van der Waals surface area contributed by atoms with Crippen LogP contribution < -0.4 is 5.32 Å². The van der Waals surface area contributed by atoms with Crippen LogP contribution >= 0.6 is 11.6 Å². The molecule has 0 bridgehead atoms. The molecule has 29 heavy (non-hydrogen) atoms. The predicted molar refractivity (Wildman–Crippen MR) is 119 cm³/mol. The zero-order valence-corrected chi connectivity index (χ0v) is 18.5. The summed E-state index contributed by atoms with van der Waals surface area (Å²) in [6, 6.07) is 14.9. The summed E-state index contributed by atoms with van der Waals surface area (Å²) in [5.74, 6) is -0.164. The van der Waals surface area contributed by atoms with Gasteiger partial charge in [0.1, 0.15) is 6.04 Å². The zero-order chi connectivity index (χ0) is 21.4. The fraction of sp³-hybridized carbons (Fsp3) is 0.417. The van der Waals surface area contributed by atoms with Gasteiger partial charge in [0.15, 0.2) is 0 Å². The van der Waals surface area contributed by atoms with E-state index in [2.05, 4.69) is 5.32 Å². The van der Waals surface area contributed by atoms with Gasteiger partial charge in [0.2, 0.25) is 11.8 Å². The van der Waals surface area contributed by atoms with Gasteiger partial charge >= 0.3 is 0 Å². The van der Waals surface area contributed by atoms with Gasteiger partial charge in [-0.25, -0.2) is 0 Å². The Morgan fingerprint density at radius 3 is 2.10 bits per heavy atom. The van der Waals surface area contributed by atoms with Crippen molar-refractivity contribution in [3.8, 4) is 0 Å². The normalized spacial score (nSPS) is 12.9. The molecule has 0 saturated carbocycles. The molecule has 156 valence electrons. The van der Waals surface area contributed by atoms with Crippen LogP contribution in [0, 0.1) is 6.92 Å². The van der Waals surface area contributed by atoms with Crippen molar-refractivity contribution in [3.05, 3.63) is 70.2 Å². The Morgan fingerprint density at radius 2 is 1.55 bits per heavy atom. The number of hydrogen-bond acceptors (Lipinski definition) is 2. The van der Waals surface area contributed by atoms with Crippen LogP contribution in [-0.2, 0) is 22.6 Å². The van der Waals surface area contributed by atoms with E-state index in [0.29, 0.717) is 18.0 Å². The number of amides is 2. The second-order valence-corrected chi connectivity index (χ2v) is 7.99. The topological polar surface area (TPSA) is 49.4 Å². The van der Waals surface area contributed by atoms with Gasteiger partial charge in [0.05, 0.1) is 6.42 Å². The highest BCUT2D eigenvalue weighted by Gasteiger charge is 2.29. The summed E-state index contributed by atoms with van der Waals surface area (Å²) in [4.78, 5) is 27.8. The molecule has 2 amide bonds. The quantitative estimate of drug-likeness (QED) is 0.633. The molecule has 1 N–H and O–H groups in total. The molecule has 0 aliphatic rings. The number of benzene rings is 2. The van der Waals surface area contributed by atoms with Crippen LogP contribution in [0.1, 0.15) is 50.3 Å². The summed E-state index contributed by atoms with van der Waals surface area (Å²) in [6.07, 6.45) is 1.66. The monoisotopic (exact) mass is 414 g/mol. The van der Waals surface area contributed by atoms with Crippen LogP contribution in [0.3, 0.4) is 0 Å². The highest BCUT2D eigenvalue weighted by atomic mass is 35.5. The summed E-state index contributed by atoms with van der Waals surface area (Å²) >= 11 is 6.00. The van der Waals surface area contributed by atoms with Crippen molar-refractivity contribution in [1.29, 1.82) is 0 Å². The molecule has 2 atom stereocenters. The van der Waals surface area contributed by atoms with E-state index in [1.807, 2.05) is 64.1 Å². The largest absolute Gasteiger partial charge is 0.352 e. The molecule has 0 spiro atoms. The van der Waals surface area contributed by atoms with Crippen molar-refractivity contribution >= 4 is 23.4 Å². The lowest BCUT2D eigenvalue weighted by Crippen LogP contribution is -2.51. The Bertz CT molecular complexity index is 803. The standard InChI is InChI=1S/C24H31ClN2O2/c1-5-18(4)26-24(29)22(6-2)27(16-20-11-13-21(25)14-12-20)23(28)15-19-9-7-17(3)8-10-19/h7-14,18,22H,5-6,15-16H2,1-4H3,(H,26,29)/t18-,22-/m0/s1. The summed E-state index contributed by atoms with van der Waals surface area (Å²) in [7, 11) is 0. The third kappa shape index (κ3) is 6.90. The van der Waals surface area contributed by atoms with Gasteiger partial charge in [-0.2, -0.15) is 0 Å². The van der Waals surface area contributed by atoms with Gasteiger partial charge in [0, 0.05) is 17.6 Å². The molecule has 0 radical (unpaired) electrons. The zero-order valence-electron chi connectivity index (χ0n) is 17.7. The number of halogens is 1. The first-order valence-corrected chi connectivity index (χ1v) is 10.6. The molecule has 2 rings (SSSR count). The Balaban J connectivity index is 2.26. The Morgan fingerprint density at radius 1 is 0.966 bits per heavy atom. The molecule has 2 aromatic rings. The lowest BCUT2D eigenvalue weighted by atomic mass is 10.1. The molecule has 0 fully saturated rings.